The first-order chi connectivity index (χ1) is 17.0. The Morgan fingerprint density at radius 2 is 1.89 bits per heavy atom. The number of rotatable bonds is 6. The number of piperidine rings is 1. The zero-order chi connectivity index (χ0) is 24.4. The summed E-state index contributed by atoms with van der Waals surface area (Å²) in [5.41, 5.74) is 3.11. The molecule has 5 rings (SSSR count). The number of aromatic nitrogens is 3. The average Bonchev–Trinajstić information content (AvgIpc) is 3.28. The number of hydrogen-bond acceptors (Lipinski definition) is 5. The second-order valence-electron chi connectivity index (χ2n) is 8.51. The highest BCUT2D eigenvalue weighted by Crippen LogP contribution is 2.27. The van der Waals surface area contributed by atoms with Crippen molar-refractivity contribution in [3.05, 3.63) is 78.2 Å². The molecule has 1 atom stereocenters. The summed E-state index contributed by atoms with van der Waals surface area (Å²) in [5.74, 6) is 0.829. The van der Waals surface area contributed by atoms with Crippen LogP contribution in [0.3, 0.4) is 0 Å². The first-order valence-electron chi connectivity index (χ1n) is 11.5. The van der Waals surface area contributed by atoms with Crippen molar-refractivity contribution >= 4 is 11.7 Å². The van der Waals surface area contributed by atoms with Gasteiger partial charge in [-0.3, -0.25) is 0 Å². The summed E-state index contributed by atoms with van der Waals surface area (Å²) >= 11 is 0. The van der Waals surface area contributed by atoms with Gasteiger partial charge in [-0.05, 0) is 55.0 Å². The van der Waals surface area contributed by atoms with Crippen LogP contribution in [0.1, 0.15) is 31.4 Å². The summed E-state index contributed by atoms with van der Waals surface area (Å²) in [7, 11) is 0. The minimum absolute atomic E-state index is 0.00583. The van der Waals surface area contributed by atoms with Crippen molar-refractivity contribution in [3.63, 3.8) is 0 Å². The van der Waals surface area contributed by atoms with Gasteiger partial charge in [0, 0.05) is 37.6 Å². The molecule has 0 aliphatic carbocycles. The number of ether oxygens (including phenoxy) is 2. The Balaban J connectivity index is 1.29. The molecule has 180 valence electrons. The zero-order valence-corrected chi connectivity index (χ0v) is 19.2. The second-order valence-corrected chi connectivity index (χ2v) is 8.51. The molecule has 1 aliphatic heterocycles. The topological polar surface area (TPSA) is 89.2 Å². The van der Waals surface area contributed by atoms with Gasteiger partial charge in [-0.25, -0.2) is 18.7 Å². The van der Waals surface area contributed by atoms with E-state index in [1.807, 2.05) is 43.3 Å². The lowest BCUT2D eigenvalue weighted by Crippen LogP contribution is -2.41. The maximum atomic E-state index is 13.6. The van der Waals surface area contributed by atoms with Crippen LogP contribution in [-0.2, 0) is 0 Å². The van der Waals surface area contributed by atoms with Gasteiger partial charge >= 0.3 is 6.09 Å². The monoisotopic (exact) mass is 476 g/mol. The minimum atomic E-state index is -0.883. The van der Waals surface area contributed by atoms with E-state index in [2.05, 4.69) is 10.1 Å². The van der Waals surface area contributed by atoms with Crippen LogP contribution >= 0.6 is 0 Å². The van der Waals surface area contributed by atoms with Crippen LogP contribution in [0.15, 0.2) is 66.9 Å². The van der Waals surface area contributed by atoms with Crippen molar-refractivity contribution in [2.24, 2.45) is 0 Å². The summed E-state index contributed by atoms with van der Waals surface area (Å²) in [5, 5.41) is 13.7. The number of carboxylic acid groups (broad SMARTS) is 1. The first kappa shape index (κ1) is 22.6. The summed E-state index contributed by atoms with van der Waals surface area (Å²) < 4.78 is 27.3. The van der Waals surface area contributed by atoms with Crippen LogP contribution in [-0.4, -0.2) is 49.9 Å². The van der Waals surface area contributed by atoms with Crippen molar-refractivity contribution in [1.29, 1.82) is 0 Å². The summed E-state index contributed by atoms with van der Waals surface area (Å²) in [6.07, 6.45) is 1.82. The van der Waals surface area contributed by atoms with Crippen molar-refractivity contribution in [2.75, 3.05) is 13.1 Å². The SMILES string of the molecule is C[C@@H](Oc1ccc2ncc(-c3ccc(OC4CCN(C(=O)O)CC4)cc3)n2n1)c1cccc(F)c1. The highest BCUT2D eigenvalue weighted by atomic mass is 19.1. The standard InChI is InChI=1S/C26H25FN4O4/c1-17(19-3-2-4-20(27)15-19)34-25-10-9-24-28-16-23(31(24)29-25)18-5-7-21(8-6-18)35-22-11-13-30(14-12-22)26(32)33/h2-10,15-17,22H,11-14H2,1H3,(H,32,33)/t17-/m1/s1. The molecule has 1 N–H and O–H groups in total. The van der Waals surface area contributed by atoms with Gasteiger partial charge in [-0.2, -0.15) is 0 Å². The van der Waals surface area contributed by atoms with Gasteiger partial charge in [0.1, 0.15) is 23.8 Å². The van der Waals surface area contributed by atoms with E-state index >= 15 is 0 Å². The largest absolute Gasteiger partial charge is 0.490 e. The third-order valence-corrected chi connectivity index (χ3v) is 6.12. The van der Waals surface area contributed by atoms with Crippen molar-refractivity contribution in [3.8, 4) is 22.9 Å². The number of imidazole rings is 1. The number of likely N-dealkylation sites (tertiary alicyclic amines) is 1. The van der Waals surface area contributed by atoms with Crippen molar-refractivity contribution < 1.29 is 23.8 Å². The van der Waals surface area contributed by atoms with Gasteiger partial charge < -0.3 is 19.5 Å². The molecule has 0 unspecified atom stereocenters. The molecule has 1 amide bonds. The van der Waals surface area contributed by atoms with Crippen molar-refractivity contribution in [1.82, 2.24) is 19.5 Å². The van der Waals surface area contributed by atoms with Crippen LogP contribution in [0, 0.1) is 5.82 Å². The smallest absolute Gasteiger partial charge is 0.407 e. The molecule has 9 heteroatoms. The van der Waals surface area contributed by atoms with E-state index < -0.39 is 6.09 Å². The van der Waals surface area contributed by atoms with E-state index in [-0.39, 0.29) is 18.0 Å². The van der Waals surface area contributed by atoms with Crippen LogP contribution in [0.25, 0.3) is 16.9 Å². The maximum absolute atomic E-state index is 13.6. The third-order valence-electron chi connectivity index (χ3n) is 6.12. The number of hydrogen-bond donors (Lipinski definition) is 1. The third kappa shape index (κ3) is 5.03. The molecule has 0 bridgehead atoms. The molecular weight excluding hydrogens is 451 g/mol. The quantitative estimate of drug-likeness (QED) is 0.412. The predicted octanol–water partition coefficient (Wildman–Crippen LogP) is 5.20. The summed E-state index contributed by atoms with van der Waals surface area (Å²) in [4.78, 5) is 16.9. The van der Waals surface area contributed by atoms with E-state index in [4.69, 9.17) is 14.6 Å². The Hall–Kier alpha value is -4.14. The van der Waals surface area contributed by atoms with Gasteiger partial charge in [-0.1, -0.05) is 12.1 Å². The molecule has 8 nitrogen and oxygen atoms in total. The summed E-state index contributed by atoms with van der Waals surface area (Å²) in [6, 6.07) is 17.6. The zero-order valence-electron chi connectivity index (χ0n) is 19.2. The molecule has 4 aromatic rings. The highest BCUT2D eigenvalue weighted by molar-refractivity contribution is 5.65. The Bertz CT molecular complexity index is 1330. The Kier molecular flexibility index (Phi) is 6.22. The Labute approximate surface area is 201 Å². The lowest BCUT2D eigenvalue weighted by molar-refractivity contribution is 0.0895. The van der Waals surface area contributed by atoms with Gasteiger partial charge in [0.05, 0.1) is 11.9 Å². The maximum Gasteiger partial charge on any atom is 0.407 e. The van der Waals surface area contributed by atoms with Crippen molar-refractivity contribution in [2.45, 2.75) is 32.0 Å². The van der Waals surface area contributed by atoms with Crippen LogP contribution < -0.4 is 9.47 Å². The molecule has 35 heavy (non-hydrogen) atoms. The molecule has 1 fully saturated rings. The normalized spacial score (nSPS) is 15.2. The lowest BCUT2D eigenvalue weighted by Gasteiger charge is -2.30. The number of benzene rings is 2. The van der Waals surface area contributed by atoms with E-state index in [0.717, 1.165) is 22.6 Å². The molecule has 1 saturated heterocycles. The fourth-order valence-electron chi connectivity index (χ4n) is 4.19. The summed E-state index contributed by atoms with van der Waals surface area (Å²) in [6.45, 7) is 2.81. The lowest BCUT2D eigenvalue weighted by atomic mass is 10.1. The number of fused-ring (bicyclic) bond motifs is 1. The van der Waals surface area contributed by atoms with Gasteiger partial charge in [-0.15, -0.1) is 5.10 Å². The molecule has 2 aromatic carbocycles. The molecule has 1 aliphatic rings. The number of amides is 1. The number of carbonyl (C=O) groups is 1. The Morgan fingerprint density at radius 1 is 1.11 bits per heavy atom. The Morgan fingerprint density at radius 3 is 2.60 bits per heavy atom. The molecule has 0 saturated carbocycles. The van der Waals surface area contributed by atoms with E-state index in [0.29, 0.717) is 37.5 Å². The van der Waals surface area contributed by atoms with E-state index in [1.165, 1.54) is 17.0 Å². The molecule has 3 heterocycles. The average molecular weight is 477 g/mol. The fourth-order valence-corrected chi connectivity index (χ4v) is 4.19. The number of halogens is 1. The van der Waals surface area contributed by atoms with Crippen LogP contribution in [0.2, 0.25) is 0 Å². The minimum Gasteiger partial charge on any atom is -0.490 e. The molecule has 2 aromatic heterocycles. The first-order valence-corrected chi connectivity index (χ1v) is 11.5. The predicted molar refractivity (Wildman–Crippen MR) is 127 cm³/mol. The molecular formula is C26H25FN4O4. The molecule has 0 spiro atoms. The number of nitrogens with zero attached hydrogens (tertiary/aromatic N) is 4. The fraction of sp³-hybridized carbons (Fsp3) is 0.269. The van der Waals surface area contributed by atoms with E-state index in [1.54, 1.807) is 22.8 Å². The van der Waals surface area contributed by atoms with E-state index in [9.17, 15) is 9.18 Å². The van der Waals surface area contributed by atoms with Gasteiger partial charge in [0.15, 0.2) is 5.65 Å². The molecule has 0 radical (unpaired) electrons. The van der Waals surface area contributed by atoms with Gasteiger partial charge in [0.2, 0.25) is 5.88 Å². The highest BCUT2D eigenvalue weighted by Gasteiger charge is 2.23. The van der Waals surface area contributed by atoms with Gasteiger partial charge in [0.25, 0.3) is 0 Å². The van der Waals surface area contributed by atoms with Crippen LogP contribution in [0.5, 0.6) is 11.6 Å². The van der Waals surface area contributed by atoms with Crippen LogP contribution in [0.4, 0.5) is 9.18 Å². The second kappa shape index (κ2) is 9.61.